The molecule has 1 aliphatic carbocycles. The van der Waals surface area contributed by atoms with E-state index in [1.807, 2.05) is 12.3 Å². The molecule has 0 saturated carbocycles. The van der Waals surface area contributed by atoms with Gasteiger partial charge in [-0.05, 0) is 41.8 Å². The molecule has 25 heavy (non-hydrogen) atoms. The van der Waals surface area contributed by atoms with Crippen LogP contribution < -0.4 is 5.32 Å². The van der Waals surface area contributed by atoms with Crippen molar-refractivity contribution in [1.82, 2.24) is 14.3 Å². The van der Waals surface area contributed by atoms with E-state index in [1.54, 1.807) is 11.3 Å². The third kappa shape index (κ3) is 3.74. The summed E-state index contributed by atoms with van der Waals surface area (Å²) in [4.78, 5) is 22.3. The number of anilines is 1. The van der Waals surface area contributed by atoms with Crippen molar-refractivity contribution in [2.75, 3.05) is 17.3 Å². The minimum absolute atomic E-state index is 0.0646. The van der Waals surface area contributed by atoms with Crippen LogP contribution in [0.25, 0.3) is 10.4 Å². The molecule has 0 spiro atoms. The highest BCUT2D eigenvalue weighted by Crippen LogP contribution is 2.39. The Morgan fingerprint density at radius 3 is 3.00 bits per heavy atom. The molecule has 0 unspecified atom stereocenters. The van der Waals surface area contributed by atoms with Gasteiger partial charge in [0.15, 0.2) is 9.47 Å². The molecule has 2 heterocycles. The van der Waals surface area contributed by atoms with E-state index in [2.05, 4.69) is 37.9 Å². The number of fused-ring (bicyclic) bond motifs is 3. The Bertz CT molecular complexity index is 921. The quantitative estimate of drug-likeness (QED) is 0.640. The van der Waals surface area contributed by atoms with E-state index in [1.165, 1.54) is 51.1 Å². The lowest BCUT2D eigenvalue weighted by atomic mass is 9.94. The van der Waals surface area contributed by atoms with Crippen molar-refractivity contribution in [3.8, 4) is 10.4 Å². The van der Waals surface area contributed by atoms with Crippen LogP contribution in [0.1, 0.15) is 11.3 Å². The Labute approximate surface area is 161 Å². The van der Waals surface area contributed by atoms with Crippen LogP contribution in [-0.2, 0) is 17.6 Å². The molecule has 0 radical (unpaired) electrons. The molecule has 0 saturated heterocycles. The molecule has 4 rings (SSSR count). The van der Waals surface area contributed by atoms with Gasteiger partial charge in [0, 0.05) is 0 Å². The number of carbonyl (C=O) groups excluding carboxylic acids is 1. The molecule has 0 aliphatic heterocycles. The van der Waals surface area contributed by atoms with Gasteiger partial charge in [0.25, 0.3) is 0 Å². The molecule has 1 amide bonds. The second-order valence-electron chi connectivity index (χ2n) is 5.34. The highest BCUT2D eigenvalue weighted by atomic mass is 32.2. The first-order valence-electron chi connectivity index (χ1n) is 7.61. The molecule has 0 atom stereocenters. The van der Waals surface area contributed by atoms with Gasteiger partial charge in [0.05, 0.1) is 16.3 Å². The number of hydrogen-bond acceptors (Lipinski definition) is 8. The zero-order chi connectivity index (χ0) is 17.2. The Morgan fingerprint density at radius 1 is 1.28 bits per heavy atom. The van der Waals surface area contributed by atoms with Crippen molar-refractivity contribution in [2.24, 2.45) is 0 Å². The number of thiazole rings is 1. The van der Waals surface area contributed by atoms with Gasteiger partial charge in [-0.3, -0.25) is 4.79 Å². The highest BCUT2D eigenvalue weighted by molar-refractivity contribution is 8.01. The van der Waals surface area contributed by atoms with E-state index in [-0.39, 0.29) is 5.91 Å². The van der Waals surface area contributed by atoms with Crippen molar-refractivity contribution in [1.29, 1.82) is 0 Å². The average Bonchev–Trinajstić information content (AvgIpc) is 3.26. The monoisotopic (exact) mass is 406 g/mol. The van der Waals surface area contributed by atoms with E-state index in [9.17, 15) is 4.79 Å². The average molecular weight is 407 g/mol. The maximum atomic E-state index is 12.2. The van der Waals surface area contributed by atoms with Gasteiger partial charge in [0.2, 0.25) is 11.1 Å². The van der Waals surface area contributed by atoms with Crippen LogP contribution in [-0.4, -0.2) is 32.3 Å². The topological polar surface area (TPSA) is 67.8 Å². The van der Waals surface area contributed by atoms with E-state index >= 15 is 0 Å². The molecule has 1 aliphatic rings. The van der Waals surface area contributed by atoms with E-state index in [0.717, 1.165) is 28.0 Å². The number of hydrogen-bond donors (Lipinski definition) is 1. The molecule has 1 N–H and O–H groups in total. The molecule has 2 aromatic heterocycles. The normalized spacial score (nSPS) is 12.5. The summed E-state index contributed by atoms with van der Waals surface area (Å²) in [6.45, 7) is 0. The Kier molecular flexibility index (Phi) is 5.07. The van der Waals surface area contributed by atoms with E-state index in [4.69, 9.17) is 0 Å². The Morgan fingerprint density at radius 2 is 2.16 bits per heavy atom. The standard InChI is InChI=1S/C16H14N4OS4/c1-22-15-19-16(25-20-15)23-8-12(21)18-14-17-11-7-6-9-4-2-3-5-10(9)13(11)24-14/h2-5H,6-8H2,1H3,(H,17,18,21). The summed E-state index contributed by atoms with van der Waals surface area (Å²) in [7, 11) is 0. The summed E-state index contributed by atoms with van der Waals surface area (Å²) in [5.41, 5.74) is 3.68. The second kappa shape index (κ2) is 7.45. The largest absolute Gasteiger partial charge is 0.301 e. The fourth-order valence-corrected chi connectivity index (χ4v) is 5.72. The lowest BCUT2D eigenvalue weighted by Crippen LogP contribution is -2.13. The lowest BCUT2D eigenvalue weighted by Gasteiger charge is -2.13. The van der Waals surface area contributed by atoms with Crippen molar-refractivity contribution in [3.05, 3.63) is 35.5 Å². The minimum atomic E-state index is -0.0646. The predicted octanol–water partition coefficient (Wildman–Crippen LogP) is 4.21. The molecular formula is C16H14N4OS4. The highest BCUT2D eigenvalue weighted by Gasteiger charge is 2.21. The third-order valence-electron chi connectivity index (χ3n) is 3.73. The number of amides is 1. The summed E-state index contributed by atoms with van der Waals surface area (Å²) in [6, 6.07) is 8.41. The fraction of sp³-hybridized carbons (Fsp3) is 0.250. The summed E-state index contributed by atoms with van der Waals surface area (Å²) in [5, 5.41) is 4.34. The van der Waals surface area contributed by atoms with Crippen LogP contribution in [0.3, 0.4) is 0 Å². The summed E-state index contributed by atoms with van der Waals surface area (Å²) in [5.74, 6) is 0.245. The van der Waals surface area contributed by atoms with Crippen LogP contribution in [0.2, 0.25) is 0 Å². The van der Waals surface area contributed by atoms with Crippen LogP contribution in [0.5, 0.6) is 0 Å². The van der Waals surface area contributed by atoms with Gasteiger partial charge < -0.3 is 5.32 Å². The third-order valence-corrected chi connectivity index (χ3v) is 7.28. The first kappa shape index (κ1) is 17.0. The van der Waals surface area contributed by atoms with Crippen LogP contribution >= 0.6 is 46.4 Å². The number of carbonyl (C=O) groups is 1. The zero-order valence-electron chi connectivity index (χ0n) is 13.3. The van der Waals surface area contributed by atoms with Crippen LogP contribution in [0.4, 0.5) is 5.13 Å². The van der Waals surface area contributed by atoms with E-state index < -0.39 is 0 Å². The first-order valence-corrected chi connectivity index (χ1v) is 11.4. The molecule has 9 heteroatoms. The van der Waals surface area contributed by atoms with Gasteiger partial charge in [-0.15, -0.1) is 0 Å². The summed E-state index contributed by atoms with van der Waals surface area (Å²) < 4.78 is 5.00. The van der Waals surface area contributed by atoms with Gasteiger partial charge >= 0.3 is 0 Å². The smallest absolute Gasteiger partial charge is 0.236 e. The molecule has 0 bridgehead atoms. The number of aromatic nitrogens is 3. The number of thioether (sulfide) groups is 2. The van der Waals surface area contributed by atoms with Crippen LogP contribution in [0, 0.1) is 0 Å². The first-order chi connectivity index (χ1) is 12.2. The van der Waals surface area contributed by atoms with Crippen molar-refractivity contribution >= 4 is 57.4 Å². The molecule has 0 fully saturated rings. The molecule has 128 valence electrons. The minimum Gasteiger partial charge on any atom is -0.301 e. The second-order valence-corrected chi connectivity index (χ2v) is 9.08. The Balaban J connectivity index is 1.42. The Hall–Kier alpha value is -1.42. The number of rotatable bonds is 5. The number of benzene rings is 1. The molecule has 1 aromatic carbocycles. The maximum Gasteiger partial charge on any atom is 0.236 e. The number of nitrogens with one attached hydrogen (secondary N) is 1. The molecule has 3 aromatic rings. The van der Waals surface area contributed by atoms with Gasteiger partial charge in [-0.1, -0.05) is 59.1 Å². The lowest BCUT2D eigenvalue weighted by molar-refractivity contribution is -0.113. The van der Waals surface area contributed by atoms with Gasteiger partial charge in [0.1, 0.15) is 0 Å². The van der Waals surface area contributed by atoms with Gasteiger partial charge in [-0.25, -0.2) is 9.97 Å². The van der Waals surface area contributed by atoms with Crippen LogP contribution in [0.15, 0.2) is 33.8 Å². The summed E-state index contributed by atoms with van der Waals surface area (Å²) >= 11 is 5.79. The van der Waals surface area contributed by atoms with Crippen molar-refractivity contribution < 1.29 is 4.79 Å². The van der Waals surface area contributed by atoms with E-state index in [0.29, 0.717) is 10.9 Å². The zero-order valence-corrected chi connectivity index (χ0v) is 16.6. The molecule has 5 nitrogen and oxygen atoms in total. The fourth-order valence-electron chi connectivity index (χ4n) is 2.62. The number of aryl methyl sites for hydroxylation is 2. The van der Waals surface area contributed by atoms with Crippen molar-refractivity contribution in [2.45, 2.75) is 22.3 Å². The van der Waals surface area contributed by atoms with Gasteiger partial charge in [-0.2, -0.15) is 4.37 Å². The predicted molar refractivity (Wildman–Crippen MR) is 106 cm³/mol. The molecular weight excluding hydrogens is 392 g/mol. The maximum absolute atomic E-state index is 12.2. The summed E-state index contributed by atoms with van der Waals surface area (Å²) in [6.07, 6.45) is 3.87. The number of nitrogens with zero attached hydrogens (tertiary/aromatic N) is 3. The van der Waals surface area contributed by atoms with Crippen molar-refractivity contribution in [3.63, 3.8) is 0 Å². The SMILES string of the molecule is CSc1nsc(SCC(=O)Nc2nc3c(s2)-c2ccccc2CC3)n1.